The number of halogens is 1. The quantitative estimate of drug-likeness (QED) is 0.861. The summed E-state index contributed by atoms with van der Waals surface area (Å²) in [6, 6.07) is 7.44. The van der Waals surface area contributed by atoms with Crippen LogP contribution in [0.4, 0.5) is 0 Å². The fraction of sp³-hybridized carbons (Fsp3) is 0.400. The Morgan fingerprint density at radius 2 is 2.14 bits per heavy atom. The molecule has 0 spiro atoms. The number of aromatic nitrogens is 3. The summed E-state index contributed by atoms with van der Waals surface area (Å²) in [6.07, 6.45) is 2.04. The van der Waals surface area contributed by atoms with Gasteiger partial charge in [-0.05, 0) is 31.0 Å². The van der Waals surface area contributed by atoms with E-state index in [1.54, 1.807) is 6.92 Å². The Morgan fingerprint density at radius 1 is 1.41 bits per heavy atom. The number of carbonyl (C=O) groups excluding carboxylic acids is 1. The minimum Gasteiger partial charge on any atom is -0.347 e. The first-order valence-corrected chi connectivity index (χ1v) is 8.02. The largest absolute Gasteiger partial charge is 0.347 e. The maximum Gasteiger partial charge on any atom is 0.244 e. The normalized spacial score (nSPS) is 16.1. The highest BCUT2D eigenvalue weighted by Gasteiger charge is 2.30. The second-order valence-electron chi connectivity index (χ2n) is 5.68. The zero-order chi connectivity index (χ0) is 15.7. The fourth-order valence-corrected chi connectivity index (χ4v) is 2.88. The van der Waals surface area contributed by atoms with Gasteiger partial charge in [0.15, 0.2) is 5.82 Å². The van der Waals surface area contributed by atoms with Gasteiger partial charge in [0, 0.05) is 17.4 Å². The van der Waals surface area contributed by atoms with Crippen LogP contribution in [0.1, 0.15) is 30.6 Å². The molecule has 1 unspecified atom stereocenters. The zero-order valence-electron chi connectivity index (χ0n) is 12.3. The number of hydrogen-bond donors (Lipinski definition) is 2. The molecular weight excluding hydrogens is 346 g/mol. The minimum absolute atomic E-state index is 0.231. The van der Waals surface area contributed by atoms with E-state index in [0.717, 1.165) is 41.1 Å². The SMILES string of the molecule is CC(N)(C(=O)NCc1nnc2n1CCC2)c1ccc(Br)cc1. The molecular formula is C15H18BrN5O. The Labute approximate surface area is 137 Å². The fourth-order valence-electron chi connectivity index (χ4n) is 2.61. The lowest BCUT2D eigenvalue weighted by Gasteiger charge is -2.24. The van der Waals surface area contributed by atoms with Gasteiger partial charge in [0.2, 0.25) is 5.91 Å². The van der Waals surface area contributed by atoms with Crippen LogP contribution >= 0.6 is 15.9 Å². The predicted molar refractivity (Wildman–Crippen MR) is 85.9 cm³/mol. The van der Waals surface area contributed by atoms with Crippen molar-refractivity contribution >= 4 is 21.8 Å². The number of benzene rings is 1. The number of rotatable bonds is 4. The molecule has 0 saturated carbocycles. The van der Waals surface area contributed by atoms with Crippen molar-refractivity contribution in [2.24, 2.45) is 5.73 Å². The number of amides is 1. The monoisotopic (exact) mass is 363 g/mol. The number of aryl methyl sites for hydroxylation is 1. The molecule has 7 heteroatoms. The number of fused-ring (bicyclic) bond motifs is 1. The van der Waals surface area contributed by atoms with E-state index in [2.05, 4.69) is 36.0 Å². The smallest absolute Gasteiger partial charge is 0.244 e. The first-order chi connectivity index (χ1) is 10.5. The van der Waals surface area contributed by atoms with E-state index in [-0.39, 0.29) is 5.91 Å². The molecule has 0 radical (unpaired) electrons. The first kappa shape index (κ1) is 15.2. The van der Waals surface area contributed by atoms with Crippen LogP contribution in [0.15, 0.2) is 28.7 Å². The van der Waals surface area contributed by atoms with Crippen LogP contribution in [0, 0.1) is 0 Å². The first-order valence-electron chi connectivity index (χ1n) is 7.22. The molecule has 0 aliphatic carbocycles. The Kier molecular flexibility index (Phi) is 4.01. The molecule has 3 N–H and O–H groups in total. The van der Waals surface area contributed by atoms with Gasteiger partial charge < -0.3 is 15.6 Å². The molecule has 1 atom stereocenters. The van der Waals surface area contributed by atoms with Gasteiger partial charge in [0.25, 0.3) is 0 Å². The Morgan fingerprint density at radius 3 is 2.86 bits per heavy atom. The van der Waals surface area contributed by atoms with Gasteiger partial charge in [0.1, 0.15) is 11.4 Å². The third-order valence-electron chi connectivity index (χ3n) is 4.01. The Hall–Kier alpha value is -1.73. The third kappa shape index (κ3) is 2.78. The van der Waals surface area contributed by atoms with Crippen LogP contribution in [0.5, 0.6) is 0 Å². The van der Waals surface area contributed by atoms with Gasteiger partial charge in [-0.25, -0.2) is 0 Å². The number of nitrogens with zero attached hydrogens (tertiary/aromatic N) is 3. The molecule has 1 aromatic carbocycles. The van der Waals surface area contributed by atoms with Gasteiger partial charge in [0.05, 0.1) is 6.54 Å². The molecule has 22 heavy (non-hydrogen) atoms. The van der Waals surface area contributed by atoms with Crippen molar-refractivity contribution in [2.75, 3.05) is 0 Å². The lowest BCUT2D eigenvalue weighted by atomic mass is 9.92. The number of hydrogen-bond acceptors (Lipinski definition) is 4. The Balaban J connectivity index is 1.69. The highest BCUT2D eigenvalue weighted by atomic mass is 79.9. The molecule has 2 aromatic rings. The van der Waals surface area contributed by atoms with E-state index in [0.29, 0.717) is 6.54 Å². The molecule has 1 aliphatic rings. The van der Waals surface area contributed by atoms with E-state index in [1.165, 1.54) is 0 Å². The number of nitrogens with two attached hydrogens (primary N) is 1. The number of nitrogens with one attached hydrogen (secondary N) is 1. The van der Waals surface area contributed by atoms with Crippen LogP contribution in [0.3, 0.4) is 0 Å². The molecule has 3 rings (SSSR count). The standard InChI is InChI=1S/C15H18BrN5O/c1-15(17,10-4-6-11(16)7-5-10)14(22)18-9-13-20-19-12-3-2-8-21(12)13/h4-7H,2-3,8-9,17H2,1H3,(H,18,22). The van der Waals surface area contributed by atoms with Gasteiger partial charge in [-0.1, -0.05) is 28.1 Å². The van der Waals surface area contributed by atoms with Crippen LogP contribution < -0.4 is 11.1 Å². The van der Waals surface area contributed by atoms with Gasteiger partial charge in [-0.15, -0.1) is 10.2 Å². The minimum atomic E-state index is -1.09. The maximum absolute atomic E-state index is 12.4. The molecule has 6 nitrogen and oxygen atoms in total. The van der Waals surface area contributed by atoms with E-state index in [9.17, 15) is 4.79 Å². The summed E-state index contributed by atoms with van der Waals surface area (Å²) in [4.78, 5) is 12.4. The maximum atomic E-state index is 12.4. The molecule has 1 aliphatic heterocycles. The van der Waals surface area contributed by atoms with Gasteiger partial charge in [-0.2, -0.15) is 0 Å². The van der Waals surface area contributed by atoms with Crippen LogP contribution in [0.25, 0.3) is 0 Å². The van der Waals surface area contributed by atoms with Gasteiger partial charge >= 0.3 is 0 Å². The second kappa shape index (κ2) is 5.81. The van der Waals surface area contributed by atoms with E-state index in [4.69, 9.17) is 5.73 Å². The van der Waals surface area contributed by atoms with E-state index < -0.39 is 5.54 Å². The van der Waals surface area contributed by atoms with Crippen LogP contribution in [-0.2, 0) is 29.8 Å². The van der Waals surface area contributed by atoms with E-state index >= 15 is 0 Å². The van der Waals surface area contributed by atoms with Crippen molar-refractivity contribution in [1.29, 1.82) is 0 Å². The summed E-state index contributed by atoms with van der Waals surface area (Å²) in [5.74, 6) is 1.55. The summed E-state index contributed by atoms with van der Waals surface area (Å²) < 4.78 is 3.01. The third-order valence-corrected chi connectivity index (χ3v) is 4.54. The van der Waals surface area contributed by atoms with Gasteiger partial charge in [-0.3, -0.25) is 4.79 Å². The lowest BCUT2D eigenvalue weighted by molar-refractivity contribution is -0.126. The highest BCUT2D eigenvalue weighted by molar-refractivity contribution is 9.10. The topological polar surface area (TPSA) is 85.8 Å². The number of carbonyl (C=O) groups is 1. The molecule has 1 amide bonds. The molecule has 0 saturated heterocycles. The summed E-state index contributed by atoms with van der Waals surface area (Å²) in [6.45, 7) is 2.97. The molecule has 1 aromatic heterocycles. The van der Waals surface area contributed by atoms with Crippen molar-refractivity contribution < 1.29 is 4.79 Å². The molecule has 0 fully saturated rings. The zero-order valence-corrected chi connectivity index (χ0v) is 13.9. The van der Waals surface area contributed by atoms with Crippen molar-refractivity contribution in [3.8, 4) is 0 Å². The van der Waals surface area contributed by atoms with Crippen molar-refractivity contribution in [3.05, 3.63) is 46.0 Å². The Bertz CT molecular complexity index is 692. The van der Waals surface area contributed by atoms with Crippen molar-refractivity contribution in [3.63, 3.8) is 0 Å². The second-order valence-corrected chi connectivity index (χ2v) is 6.60. The summed E-state index contributed by atoms with van der Waals surface area (Å²) in [5, 5.41) is 11.1. The predicted octanol–water partition coefficient (Wildman–Crippen LogP) is 1.48. The molecule has 2 heterocycles. The lowest BCUT2D eigenvalue weighted by Crippen LogP contribution is -2.48. The van der Waals surface area contributed by atoms with Crippen LogP contribution in [0.2, 0.25) is 0 Å². The average molecular weight is 364 g/mol. The molecule has 116 valence electrons. The summed E-state index contributed by atoms with van der Waals surface area (Å²) in [5.41, 5.74) is 5.89. The van der Waals surface area contributed by atoms with Crippen molar-refractivity contribution in [2.45, 2.75) is 38.4 Å². The van der Waals surface area contributed by atoms with Crippen molar-refractivity contribution in [1.82, 2.24) is 20.1 Å². The van der Waals surface area contributed by atoms with Crippen LogP contribution in [-0.4, -0.2) is 20.7 Å². The van der Waals surface area contributed by atoms with E-state index in [1.807, 2.05) is 24.3 Å². The summed E-state index contributed by atoms with van der Waals surface area (Å²) in [7, 11) is 0. The average Bonchev–Trinajstić information content (AvgIpc) is 3.08. The highest BCUT2D eigenvalue weighted by Crippen LogP contribution is 2.21. The molecule has 0 bridgehead atoms. The summed E-state index contributed by atoms with van der Waals surface area (Å²) >= 11 is 3.38.